The highest BCUT2D eigenvalue weighted by Crippen LogP contribution is 2.33. The molecule has 17 heavy (non-hydrogen) atoms. The largest absolute Gasteiger partial charge is 0.481 e. The van der Waals surface area contributed by atoms with Crippen molar-refractivity contribution in [2.45, 2.75) is 39.0 Å². The number of carboxylic acids is 1. The summed E-state index contributed by atoms with van der Waals surface area (Å²) < 4.78 is 0. The van der Waals surface area contributed by atoms with Crippen LogP contribution in [-0.4, -0.2) is 11.1 Å². The first-order valence-corrected chi connectivity index (χ1v) is 6.46. The molecule has 2 atom stereocenters. The first-order valence-electron chi connectivity index (χ1n) is 6.46. The zero-order chi connectivity index (χ0) is 12.3. The van der Waals surface area contributed by atoms with Crippen LogP contribution in [0, 0.1) is 18.8 Å². The summed E-state index contributed by atoms with van der Waals surface area (Å²) in [4.78, 5) is 11.2. The molecule has 1 aliphatic rings. The van der Waals surface area contributed by atoms with Crippen LogP contribution < -0.4 is 0 Å². The average Bonchev–Trinajstić information content (AvgIpc) is 2.32. The van der Waals surface area contributed by atoms with Crippen LogP contribution in [0.25, 0.3) is 0 Å². The highest BCUT2D eigenvalue weighted by molar-refractivity contribution is 5.70. The number of carbonyl (C=O) groups is 1. The number of benzene rings is 1. The Morgan fingerprint density at radius 1 is 1.29 bits per heavy atom. The third-order valence-electron chi connectivity index (χ3n) is 3.97. The second-order valence-electron chi connectivity index (χ2n) is 5.12. The maximum atomic E-state index is 11.2. The average molecular weight is 232 g/mol. The molecule has 1 aliphatic carbocycles. The summed E-state index contributed by atoms with van der Waals surface area (Å²) in [6, 6.07) is 8.31. The van der Waals surface area contributed by atoms with Crippen molar-refractivity contribution in [3.63, 3.8) is 0 Å². The van der Waals surface area contributed by atoms with Crippen LogP contribution in [0.3, 0.4) is 0 Å². The van der Waals surface area contributed by atoms with Gasteiger partial charge in [-0.2, -0.15) is 0 Å². The lowest BCUT2D eigenvalue weighted by Gasteiger charge is -2.29. The number of rotatable bonds is 3. The van der Waals surface area contributed by atoms with Crippen LogP contribution in [-0.2, 0) is 11.2 Å². The van der Waals surface area contributed by atoms with Gasteiger partial charge in [0.2, 0.25) is 0 Å². The molecule has 2 unspecified atom stereocenters. The van der Waals surface area contributed by atoms with E-state index in [0.717, 1.165) is 25.7 Å². The van der Waals surface area contributed by atoms with E-state index in [2.05, 4.69) is 19.1 Å². The van der Waals surface area contributed by atoms with Gasteiger partial charge in [-0.15, -0.1) is 0 Å². The molecule has 92 valence electrons. The van der Waals surface area contributed by atoms with Crippen molar-refractivity contribution < 1.29 is 9.90 Å². The Morgan fingerprint density at radius 3 is 2.71 bits per heavy atom. The van der Waals surface area contributed by atoms with Crippen LogP contribution in [0.4, 0.5) is 0 Å². The molecule has 1 fully saturated rings. The van der Waals surface area contributed by atoms with Gasteiger partial charge in [0.25, 0.3) is 0 Å². The molecular formula is C15H20O2. The molecule has 0 amide bonds. The van der Waals surface area contributed by atoms with Crippen LogP contribution in [0.5, 0.6) is 0 Å². The summed E-state index contributed by atoms with van der Waals surface area (Å²) in [7, 11) is 0. The Hall–Kier alpha value is -1.31. The van der Waals surface area contributed by atoms with E-state index in [1.807, 2.05) is 12.1 Å². The molecule has 2 heteroatoms. The Balaban J connectivity index is 2.11. The molecule has 2 nitrogen and oxygen atoms in total. The van der Waals surface area contributed by atoms with Gasteiger partial charge in [-0.05, 0) is 43.2 Å². The van der Waals surface area contributed by atoms with Gasteiger partial charge in [0.1, 0.15) is 0 Å². The van der Waals surface area contributed by atoms with E-state index in [4.69, 9.17) is 0 Å². The number of hydrogen-bond donors (Lipinski definition) is 1. The van der Waals surface area contributed by atoms with Crippen molar-refractivity contribution in [2.24, 2.45) is 11.8 Å². The predicted molar refractivity (Wildman–Crippen MR) is 68.0 cm³/mol. The fourth-order valence-electron chi connectivity index (χ4n) is 2.90. The second-order valence-corrected chi connectivity index (χ2v) is 5.12. The molecule has 0 heterocycles. The summed E-state index contributed by atoms with van der Waals surface area (Å²) in [6.07, 6.45) is 5.09. The highest BCUT2D eigenvalue weighted by atomic mass is 16.4. The molecule has 1 aromatic carbocycles. The first kappa shape index (κ1) is 12.2. The van der Waals surface area contributed by atoms with Crippen LogP contribution in [0.2, 0.25) is 0 Å². The smallest absolute Gasteiger partial charge is 0.306 e. The Labute approximate surface area is 103 Å². The molecule has 0 bridgehead atoms. The summed E-state index contributed by atoms with van der Waals surface area (Å²) in [5.41, 5.74) is 2.59. The van der Waals surface area contributed by atoms with Crippen molar-refractivity contribution in [1.29, 1.82) is 0 Å². The number of aryl methyl sites for hydroxylation is 1. The quantitative estimate of drug-likeness (QED) is 0.867. The number of carboxylic acid groups (broad SMARTS) is 1. The van der Waals surface area contributed by atoms with E-state index in [-0.39, 0.29) is 5.92 Å². The summed E-state index contributed by atoms with van der Waals surface area (Å²) >= 11 is 0. The van der Waals surface area contributed by atoms with E-state index in [1.54, 1.807) is 0 Å². The normalized spacial score (nSPS) is 24.5. The SMILES string of the molecule is Cc1ccccc1CC1CCCCC1C(=O)O. The van der Waals surface area contributed by atoms with Crippen molar-refractivity contribution in [3.8, 4) is 0 Å². The number of aliphatic carboxylic acids is 1. The zero-order valence-electron chi connectivity index (χ0n) is 10.4. The monoisotopic (exact) mass is 232 g/mol. The van der Waals surface area contributed by atoms with Crippen LogP contribution >= 0.6 is 0 Å². The van der Waals surface area contributed by atoms with Crippen molar-refractivity contribution in [2.75, 3.05) is 0 Å². The van der Waals surface area contributed by atoms with Gasteiger partial charge in [-0.3, -0.25) is 4.79 Å². The number of hydrogen-bond acceptors (Lipinski definition) is 1. The Kier molecular flexibility index (Phi) is 3.82. The van der Waals surface area contributed by atoms with Crippen molar-refractivity contribution in [3.05, 3.63) is 35.4 Å². The minimum atomic E-state index is -0.608. The van der Waals surface area contributed by atoms with E-state index >= 15 is 0 Å². The molecule has 0 aliphatic heterocycles. The van der Waals surface area contributed by atoms with Gasteiger partial charge < -0.3 is 5.11 Å². The van der Waals surface area contributed by atoms with E-state index in [0.29, 0.717) is 5.92 Å². The van der Waals surface area contributed by atoms with Crippen molar-refractivity contribution in [1.82, 2.24) is 0 Å². The van der Waals surface area contributed by atoms with E-state index in [9.17, 15) is 9.90 Å². The van der Waals surface area contributed by atoms with Gasteiger partial charge in [0.05, 0.1) is 5.92 Å². The van der Waals surface area contributed by atoms with Crippen molar-refractivity contribution >= 4 is 5.97 Å². The minimum Gasteiger partial charge on any atom is -0.481 e. The third kappa shape index (κ3) is 2.87. The zero-order valence-corrected chi connectivity index (χ0v) is 10.4. The molecule has 1 N–H and O–H groups in total. The molecule has 1 aromatic rings. The molecular weight excluding hydrogens is 212 g/mol. The van der Waals surface area contributed by atoms with E-state index < -0.39 is 5.97 Å². The minimum absolute atomic E-state index is 0.136. The molecule has 0 saturated heterocycles. The van der Waals surface area contributed by atoms with Gasteiger partial charge >= 0.3 is 5.97 Å². The maximum absolute atomic E-state index is 11.2. The van der Waals surface area contributed by atoms with Crippen LogP contribution in [0.15, 0.2) is 24.3 Å². The topological polar surface area (TPSA) is 37.3 Å². The lowest BCUT2D eigenvalue weighted by atomic mass is 9.76. The molecule has 0 radical (unpaired) electrons. The first-order chi connectivity index (χ1) is 8.18. The second kappa shape index (κ2) is 5.35. The van der Waals surface area contributed by atoms with Gasteiger partial charge in [0, 0.05) is 0 Å². The summed E-state index contributed by atoms with van der Waals surface area (Å²) in [6.45, 7) is 2.11. The maximum Gasteiger partial charge on any atom is 0.306 e. The molecule has 0 spiro atoms. The van der Waals surface area contributed by atoms with E-state index in [1.165, 1.54) is 17.5 Å². The third-order valence-corrected chi connectivity index (χ3v) is 3.97. The lowest BCUT2D eigenvalue weighted by Crippen LogP contribution is -2.28. The molecule has 0 aromatic heterocycles. The standard InChI is InChI=1S/C15H20O2/c1-11-6-2-3-7-12(11)10-13-8-4-5-9-14(13)15(16)17/h2-3,6-7,13-14H,4-5,8-10H2,1H3,(H,16,17). The van der Waals surface area contributed by atoms with Gasteiger partial charge in [-0.25, -0.2) is 0 Å². The summed E-state index contributed by atoms with van der Waals surface area (Å²) in [5, 5.41) is 9.26. The van der Waals surface area contributed by atoms with Crippen LogP contribution in [0.1, 0.15) is 36.8 Å². The van der Waals surface area contributed by atoms with Gasteiger partial charge in [-0.1, -0.05) is 37.1 Å². The summed E-state index contributed by atoms with van der Waals surface area (Å²) in [5.74, 6) is -0.422. The Bertz CT molecular complexity index is 398. The van der Waals surface area contributed by atoms with Gasteiger partial charge in [0.15, 0.2) is 0 Å². The molecule has 1 saturated carbocycles. The highest BCUT2D eigenvalue weighted by Gasteiger charge is 2.30. The predicted octanol–water partition coefficient (Wildman–Crippen LogP) is 3.43. The fraction of sp³-hybridized carbons (Fsp3) is 0.533. The molecule has 2 rings (SSSR count). The Morgan fingerprint density at radius 2 is 2.00 bits per heavy atom. The fourth-order valence-corrected chi connectivity index (χ4v) is 2.90. The lowest BCUT2D eigenvalue weighted by molar-refractivity contribution is -0.144.